The van der Waals surface area contributed by atoms with Gasteiger partial charge in [-0.2, -0.15) is 0 Å². The number of carbonyl (C=O) groups excluding carboxylic acids is 1. The van der Waals surface area contributed by atoms with Gasteiger partial charge in [0.05, 0.1) is 18.2 Å². The first kappa shape index (κ1) is 11.9. The number of benzene rings is 1. The van der Waals surface area contributed by atoms with Crippen LogP contribution in [0.1, 0.15) is 22.3 Å². The van der Waals surface area contributed by atoms with E-state index in [1.807, 2.05) is 0 Å². The number of rotatable bonds is 2. The smallest absolute Gasteiger partial charge is 0.254 e. The Bertz CT molecular complexity index is 442. The first-order chi connectivity index (χ1) is 8.08. The number of carbonyl (C=O) groups is 1. The highest BCUT2D eigenvalue weighted by Crippen LogP contribution is 2.17. The zero-order chi connectivity index (χ0) is 12.4. The molecule has 1 saturated heterocycles. The molecule has 0 saturated carbocycles. The Hall–Kier alpha value is -1.62. The molecule has 1 aliphatic heterocycles. The van der Waals surface area contributed by atoms with Crippen LogP contribution < -0.4 is 11.1 Å². The summed E-state index contributed by atoms with van der Waals surface area (Å²) in [6, 6.07) is 2.61. The summed E-state index contributed by atoms with van der Waals surface area (Å²) in [4.78, 5) is 11.8. The second-order valence-corrected chi connectivity index (χ2v) is 4.22. The van der Waals surface area contributed by atoms with Gasteiger partial charge in [-0.25, -0.2) is 4.39 Å². The summed E-state index contributed by atoms with van der Waals surface area (Å²) >= 11 is 0. The van der Waals surface area contributed by atoms with Crippen LogP contribution in [0, 0.1) is 12.7 Å². The molecule has 0 radical (unpaired) electrons. The van der Waals surface area contributed by atoms with Gasteiger partial charge in [0.1, 0.15) is 5.82 Å². The van der Waals surface area contributed by atoms with Gasteiger partial charge in [-0.05, 0) is 31.0 Å². The van der Waals surface area contributed by atoms with E-state index < -0.39 is 11.7 Å². The minimum Gasteiger partial charge on any atom is -0.398 e. The largest absolute Gasteiger partial charge is 0.398 e. The summed E-state index contributed by atoms with van der Waals surface area (Å²) in [5, 5.41) is 2.72. The standard InChI is InChI=1S/C12H15FN2O2/c1-7-4-10(13)9(5-11(7)14)12(16)15-8-2-3-17-6-8/h4-5,8H,2-3,6,14H2,1H3,(H,15,16). The monoisotopic (exact) mass is 238 g/mol. The molecule has 17 heavy (non-hydrogen) atoms. The van der Waals surface area contributed by atoms with Crippen molar-refractivity contribution in [1.82, 2.24) is 5.32 Å². The maximum Gasteiger partial charge on any atom is 0.254 e. The van der Waals surface area contributed by atoms with Crippen LogP contribution >= 0.6 is 0 Å². The van der Waals surface area contributed by atoms with Gasteiger partial charge in [0.2, 0.25) is 0 Å². The zero-order valence-electron chi connectivity index (χ0n) is 9.63. The van der Waals surface area contributed by atoms with Crippen molar-refractivity contribution in [2.24, 2.45) is 0 Å². The molecule has 0 bridgehead atoms. The normalized spacial score (nSPS) is 19.3. The first-order valence-corrected chi connectivity index (χ1v) is 5.52. The maximum absolute atomic E-state index is 13.6. The number of nitrogen functional groups attached to an aromatic ring is 1. The molecule has 1 amide bonds. The molecular weight excluding hydrogens is 223 g/mol. The number of hydrogen-bond acceptors (Lipinski definition) is 3. The van der Waals surface area contributed by atoms with E-state index in [2.05, 4.69) is 5.32 Å². The van der Waals surface area contributed by atoms with Crippen molar-refractivity contribution in [2.75, 3.05) is 18.9 Å². The molecule has 1 heterocycles. The highest BCUT2D eigenvalue weighted by molar-refractivity contribution is 5.95. The zero-order valence-corrected chi connectivity index (χ0v) is 9.63. The minimum atomic E-state index is -0.548. The minimum absolute atomic E-state index is 0.0139. The second-order valence-electron chi connectivity index (χ2n) is 4.22. The van der Waals surface area contributed by atoms with E-state index in [-0.39, 0.29) is 11.6 Å². The third kappa shape index (κ3) is 2.55. The van der Waals surface area contributed by atoms with Crippen molar-refractivity contribution in [3.8, 4) is 0 Å². The van der Waals surface area contributed by atoms with Crippen LogP contribution in [0.3, 0.4) is 0 Å². The quantitative estimate of drug-likeness (QED) is 0.762. The van der Waals surface area contributed by atoms with Crippen LogP contribution in [0.5, 0.6) is 0 Å². The van der Waals surface area contributed by atoms with Gasteiger partial charge < -0.3 is 15.8 Å². The number of halogens is 1. The van der Waals surface area contributed by atoms with Crippen molar-refractivity contribution in [2.45, 2.75) is 19.4 Å². The van der Waals surface area contributed by atoms with Gasteiger partial charge in [-0.15, -0.1) is 0 Å². The first-order valence-electron chi connectivity index (χ1n) is 5.52. The summed E-state index contributed by atoms with van der Waals surface area (Å²) in [6.45, 7) is 2.81. The van der Waals surface area contributed by atoms with E-state index in [1.54, 1.807) is 6.92 Å². The molecular formula is C12H15FN2O2. The molecule has 0 spiro atoms. The average Bonchev–Trinajstić information content (AvgIpc) is 2.76. The maximum atomic E-state index is 13.6. The van der Waals surface area contributed by atoms with Gasteiger partial charge in [0, 0.05) is 12.3 Å². The van der Waals surface area contributed by atoms with E-state index in [4.69, 9.17) is 10.5 Å². The molecule has 0 aromatic heterocycles. The summed E-state index contributed by atoms with van der Waals surface area (Å²) in [5.41, 5.74) is 6.69. The lowest BCUT2D eigenvalue weighted by molar-refractivity contribution is 0.0926. The van der Waals surface area contributed by atoms with E-state index in [0.29, 0.717) is 24.5 Å². The number of nitrogens with one attached hydrogen (secondary N) is 1. The number of aryl methyl sites for hydroxylation is 1. The average molecular weight is 238 g/mol. The molecule has 1 fully saturated rings. The Morgan fingerprint density at radius 2 is 2.35 bits per heavy atom. The molecule has 1 aliphatic rings. The topological polar surface area (TPSA) is 64.3 Å². The van der Waals surface area contributed by atoms with Gasteiger partial charge in [-0.1, -0.05) is 0 Å². The molecule has 3 N–H and O–H groups in total. The number of amides is 1. The van der Waals surface area contributed by atoms with Crippen molar-refractivity contribution in [3.63, 3.8) is 0 Å². The molecule has 1 aromatic carbocycles. The predicted octanol–water partition coefficient (Wildman–Crippen LogP) is 1.24. The lowest BCUT2D eigenvalue weighted by Crippen LogP contribution is -2.35. The molecule has 1 atom stereocenters. The molecule has 4 nitrogen and oxygen atoms in total. The van der Waals surface area contributed by atoms with Gasteiger partial charge in [0.15, 0.2) is 0 Å². The SMILES string of the molecule is Cc1cc(F)c(C(=O)NC2CCOC2)cc1N. The Kier molecular flexibility index (Phi) is 3.28. The van der Waals surface area contributed by atoms with Crippen LogP contribution in [0.15, 0.2) is 12.1 Å². The summed E-state index contributed by atoms with van der Waals surface area (Å²) in [5.74, 6) is -0.988. The number of nitrogens with two attached hydrogens (primary N) is 1. The van der Waals surface area contributed by atoms with Crippen LogP contribution in [-0.2, 0) is 4.74 Å². The highest BCUT2D eigenvalue weighted by atomic mass is 19.1. The fourth-order valence-electron chi connectivity index (χ4n) is 1.77. The van der Waals surface area contributed by atoms with Crippen molar-refractivity contribution >= 4 is 11.6 Å². The van der Waals surface area contributed by atoms with Crippen molar-refractivity contribution in [3.05, 3.63) is 29.1 Å². The van der Waals surface area contributed by atoms with Gasteiger partial charge in [-0.3, -0.25) is 4.79 Å². The number of anilines is 1. The third-order valence-corrected chi connectivity index (χ3v) is 2.87. The van der Waals surface area contributed by atoms with E-state index in [1.165, 1.54) is 12.1 Å². The Morgan fingerprint density at radius 1 is 1.59 bits per heavy atom. The Labute approximate surface area is 98.9 Å². The molecule has 1 unspecified atom stereocenters. The molecule has 0 aliphatic carbocycles. The fraction of sp³-hybridized carbons (Fsp3) is 0.417. The molecule has 92 valence electrons. The molecule has 2 rings (SSSR count). The van der Waals surface area contributed by atoms with Crippen LogP contribution in [0.2, 0.25) is 0 Å². The number of hydrogen-bond donors (Lipinski definition) is 2. The lowest BCUT2D eigenvalue weighted by atomic mass is 10.1. The third-order valence-electron chi connectivity index (χ3n) is 2.87. The summed E-state index contributed by atoms with van der Waals surface area (Å²) < 4.78 is 18.7. The van der Waals surface area contributed by atoms with Crippen molar-refractivity contribution < 1.29 is 13.9 Å². The fourth-order valence-corrected chi connectivity index (χ4v) is 1.77. The van der Waals surface area contributed by atoms with E-state index in [9.17, 15) is 9.18 Å². The highest BCUT2D eigenvalue weighted by Gasteiger charge is 2.20. The summed E-state index contributed by atoms with van der Waals surface area (Å²) in [6.07, 6.45) is 0.759. The van der Waals surface area contributed by atoms with Crippen LogP contribution in [0.4, 0.5) is 10.1 Å². The Morgan fingerprint density at radius 3 is 3.00 bits per heavy atom. The lowest BCUT2D eigenvalue weighted by Gasteiger charge is -2.12. The van der Waals surface area contributed by atoms with Crippen LogP contribution in [-0.4, -0.2) is 25.2 Å². The second kappa shape index (κ2) is 4.71. The van der Waals surface area contributed by atoms with Gasteiger partial charge >= 0.3 is 0 Å². The van der Waals surface area contributed by atoms with E-state index in [0.717, 1.165) is 6.42 Å². The number of ether oxygens (including phenoxy) is 1. The van der Waals surface area contributed by atoms with Gasteiger partial charge in [0.25, 0.3) is 5.91 Å². The summed E-state index contributed by atoms with van der Waals surface area (Å²) in [7, 11) is 0. The van der Waals surface area contributed by atoms with E-state index >= 15 is 0 Å². The molecule has 1 aromatic rings. The molecule has 5 heteroatoms. The Balaban J connectivity index is 2.15. The van der Waals surface area contributed by atoms with Crippen molar-refractivity contribution in [1.29, 1.82) is 0 Å². The predicted molar refractivity (Wildman–Crippen MR) is 62.2 cm³/mol. The van der Waals surface area contributed by atoms with Crippen LogP contribution in [0.25, 0.3) is 0 Å².